The third-order valence-corrected chi connectivity index (χ3v) is 2.75. The molecule has 0 fully saturated rings. The molecule has 0 atom stereocenters. The minimum absolute atomic E-state index is 0.0112. The van der Waals surface area contributed by atoms with Gasteiger partial charge >= 0.3 is 0 Å². The summed E-state index contributed by atoms with van der Waals surface area (Å²) in [5.41, 5.74) is 0.816. The van der Waals surface area contributed by atoms with E-state index in [2.05, 4.69) is 20.6 Å². The van der Waals surface area contributed by atoms with Gasteiger partial charge in [0.1, 0.15) is 5.82 Å². The fraction of sp³-hybridized carbons (Fsp3) is 0.571. The van der Waals surface area contributed by atoms with Gasteiger partial charge in [-0.15, -0.1) is 0 Å². The van der Waals surface area contributed by atoms with Gasteiger partial charge in [0.05, 0.1) is 12.2 Å². The van der Waals surface area contributed by atoms with Crippen LogP contribution in [0.3, 0.4) is 0 Å². The quantitative estimate of drug-likeness (QED) is 0.697. The summed E-state index contributed by atoms with van der Waals surface area (Å²) in [4.78, 5) is 30.5. The van der Waals surface area contributed by atoms with Crippen LogP contribution >= 0.6 is 0 Å². The molecule has 2 amide bonds. The minimum atomic E-state index is -0.0112. The molecule has 0 saturated carbocycles. The fourth-order valence-corrected chi connectivity index (χ4v) is 1.73. The lowest BCUT2D eigenvalue weighted by Gasteiger charge is -2.05. The highest BCUT2D eigenvalue weighted by Gasteiger charge is 2.02. The number of hydrogen-bond acceptors (Lipinski definition) is 4. The number of aromatic nitrogens is 2. The van der Waals surface area contributed by atoms with Crippen molar-refractivity contribution < 1.29 is 9.59 Å². The lowest BCUT2D eigenvalue weighted by Crippen LogP contribution is -2.23. The number of rotatable bonds is 8. The van der Waals surface area contributed by atoms with E-state index >= 15 is 0 Å². The van der Waals surface area contributed by atoms with Crippen LogP contribution in [0.15, 0.2) is 12.3 Å². The zero-order chi connectivity index (χ0) is 14.8. The summed E-state index contributed by atoms with van der Waals surface area (Å²) in [6.45, 7) is 4.44. The Morgan fingerprint density at radius 3 is 2.70 bits per heavy atom. The van der Waals surface area contributed by atoms with Crippen molar-refractivity contribution in [1.82, 2.24) is 20.6 Å². The van der Waals surface area contributed by atoms with Crippen molar-refractivity contribution >= 4 is 11.8 Å². The Kier molecular flexibility index (Phi) is 7.24. The first-order valence-corrected chi connectivity index (χ1v) is 6.87. The number of unbranched alkanes of at least 4 members (excludes halogenated alkanes) is 2. The van der Waals surface area contributed by atoms with Gasteiger partial charge in [-0.05, 0) is 25.8 Å². The summed E-state index contributed by atoms with van der Waals surface area (Å²) in [5.74, 6) is 0.721. The van der Waals surface area contributed by atoms with E-state index in [1.54, 1.807) is 12.3 Å². The number of carbonyl (C=O) groups excluding carboxylic acids is 2. The largest absolute Gasteiger partial charge is 0.356 e. The molecule has 0 aliphatic carbocycles. The van der Waals surface area contributed by atoms with E-state index in [4.69, 9.17) is 0 Å². The first-order valence-electron chi connectivity index (χ1n) is 6.87. The summed E-state index contributed by atoms with van der Waals surface area (Å²) in [6, 6.07) is 1.79. The molecule has 0 aromatic carbocycles. The van der Waals surface area contributed by atoms with E-state index in [-0.39, 0.29) is 11.8 Å². The maximum atomic E-state index is 11.6. The van der Waals surface area contributed by atoms with Gasteiger partial charge in [-0.25, -0.2) is 9.97 Å². The van der Waals surface area contributed by atoms with Crippen molar-refractivity contribution in [2.75, 3.05) is 6.54 Å². The Labute approximate surface area is 119 Å². The predicted molar refractivity (Wildman–Crippen MR) is 75.8 cm³/mol. The molecule has 2 N–H and O–H groups in total. The standard InChI is InChI=1S/C14H22N4O2/c1-11-15-9-7-13(18-11)10-17-14(20)6-4-3-5-8-16-12(2)19/h7,9H,3-6,8,10H2,1-2H3,(H,16,19)(H,17,20). The van der Waals surface area contributed by atoms with Gasteiger partial charge in [0.25, 0.3) is 0 Å². The molecule has 1 aromatic rings. The number of nitrogens with one attached hydrogen (secondary N) is 2. The Bertz CT molecular complexity index is 449. The zero-order valence-electron chi connectivity index (χ0n) is 12.1. The summed E-state index contributed by atoms with van der Waals surface area (Å²) in [6.07, 6.45) is 4.85. The van der Waals surface area contributed by atoms with E-state index in [9.17, 15) is 9.59 Å². The number of carbonyl (C=O) groups is 2. The van der Waals surface area contributed by atoms with Gasteiger partial charge in [-0.1, -0.05) is 6.42 Å². The first-order chi connectivity index (χ1) is 9.58. The Hall–Kier alpha value is -1.98. The van der Waals surface area contributed by atoms with Crippen LogP contribution in [0.4, 0.5) is 0 Å². The fourth-order valence-electron chi connectivity index (χ4n) is 1.73. The number of hydrogen-bond donors (Lipinski definition) is 2. The molecule has 0 bridgehead atoms. The smallest absolute Gasteiger partial charge is 0.220 e. The molecule has 1 aromatic heterocycles. The Morgan fingerprint density at radius 2 is 2.00 bits per heavy atom. The van der Waals surface area contributed by atoms with Crippen molar-refractivity contribution in [3.63, 3.8) is 0 Å². The van der Waals surface area contributed by atoms with Crippen LogP contribution < -0.4 is 10.6 Å². The van der Waals surface area contributed by atoms with Crippen molar-refractivity contribution in [3.05, 3.63) is 23.8 Å². The van der Waals surface area contributed by atoms with Crippen LogP contribution in [0.25, 0.3) is 0 Å². The average Bonchev–Trinajstić information content (AvgIpc) is 2.40. The summed E-state index contributed by atoms with van der Waals surface area (Å²) in [5, 5.41) is 5.57. The van der Waals surface area contributed by atoms with Crippen molar-refractivity contribution in [1.29, 1.82) is 0 Å². The molecule has 0 unspecified atom stereocenters. The maximum absolute atomic E-state index is 11.6. The van der Waals surface area contributed by atoms with Crippen molar-refractivity contribution in [3.8, 4) is 0 Å². The molecule has 6 heteroatoms. The lowest BCUT2D eigenvalue weighted by atomic mass is 10.2. The first kappa shape index (κ1) is 16.1. The molecular formula is C14H22N4O2. The van der Waals surface area contributed by atoms with Crippen molar-refractivity contribution in [2.24, 2.45) is 0 Å². The molecule has 0 saturated heterocycles. The molecule has 1 heterocycles. The van der Waals surface area contributed by atoms with Crippen LogP contribution in [-0.2, 0) is 16.1 Å². The van der Waals surface area contributed by atoms with Crippen LogP contribution in [0.1, 0.15) is 44.1 Å². The number of nitrogens with zero attached hydrogens (tertiary/aromatic N) is 2. The molecule has 0 radical (unpaired) electrons. The summed E-state index contributed by atoms with van der Waals surface area (Å²) in [7, 11) is 0. The van der Waals surface area contributed by atoms with Crippen LogP contribution in [0.2, 0.25) is 0 Å². The molecule has 20 heavy (non-hydrogen) atoms. The number of amides is 2. The van der Waals surface area contributed by atoms with Gasteiger partial charge in [-0.2, -0.15) is 0 Å². The highest BCUT2D eigenvalue weighted by Crippen LogP contribution is 2.00. The third kappa shape index (κ3) is 7.45. The van der Waals surface area contributed by atoms with E-state index in [0.717, 1.165) is 25.0 Å². The van der Waals surface area contributed by atoms with E-state index in [1.807, 2.05) is 6.92 Å². The lowest BCUT2D eigenvalue weighted by molar-refractivity contribution is -0.121. The molecular weight excluding hydrogens is 256 g/mol. The second kappa shape index (κ2) is 9.01. The maximum Gasteiger partial charge on any atom is 0.220 e. The van der Waals surface area contributed by atoms with Gasteiger partial charge in [-0.3, -0.25) is 9.59 Å². The molecule has 6 nitrogen and oxygen atoms in total. The molecule has 0 aliphatic rings. The Balaban J connectivity index is 2.07. The molecule has 110 valence electrons. The molecule has 0 spiro atoms. The van der Waals surface area contributed by atoms with E-state index < -0.39 is 0 Å². The van der Waals surface area contributed by atoms with Gasteiger partial charge in [0.15, 0.2) is 0 Å². The molecule has 0 aliphatic heterocycles. The van der Waals surface area contributed by atoms with Crippen LogP contribution in [0, 0.1) is 6.92 Å². The summed E-state index contributed by atoms with van der Waals surface area (Å²) < 4.78 is 0. The van der Waals surface area contributed by atoms with Crippen LogP contribution in [0.5, 0.6) is 0 Å². The topological polar surface area (TPSA) is 84.0 Å². The average molecular weight is 278 g/mol. The highest BCUT2D eigenvalue weighted by atomic mass is 16.2. The molecule has 1 rings (SSSR count). The summed E-state index contributed by atoms with van der Waals surface area (Å²) >= 11 is 0. The van der Waals surface area contributed by atoms with E-state index in [0.29, 0.717) is 25.3 Å². The SMILES string of the molecule is CC(=O)NCCCCCC(=O)NCc1ccnc(C)n1. The zero-order valence-corrected chi connectivity index (χ0v) is 12.1. The third-order valence-electron chi connectivity index (χ3n) is 2.75. The van der Waals surface area contributed by atoms with E-state index in [1.165, 1.54) is 6.92 Å². The van der Waals surface area contributed by atoms with Gasteiger partial charge in [0, 0.05) is 26.1 Å². The Morgan fingerprint density at radius 1 is 1.20 bits per heavy atom. The normalized spacial score (nSPS) is 10.1. The minimum Gasteiger partial charge on any atom is -0.356 e. The second-order valence-corrected chi connectivity index (χ2v) is 4.67. The second-order valence-electron chi connectivity index (χ2n) is 4.67. The van der Waals surface area contributed by atoms with Gasteiger partial charge < -0.3 is 10.6 Å². The number of aryl methyl sites for hydroxylation is 1. The van der Waals surface area contributed by atoms with Crippen LogP contribution in [-0.4, -0.2) is 28.3 Å². The highest BCUT2D eigenvalue weighted by molar-refractivity contribution is 5.75. The van der Waals surface area contributed by atoms with Gasteiger partial charge in [0.2, 0.25) is 11.8 Å². The predicted octanol–water partition coefficient (Wildman–Crippen LogP) is 1.10. The van der Waals surface area contributed by atoms with Crippen molar-refractivity contribution in [2.45, 2.75) is 46.1 Å². The monoisotopic (exact) mass is 278 g/mol.